The Morgan fingerprint density at radius 1 is 1.31 bits per heavy atom. The standard InChI is InChI=1S/C9H14N2.C2H6/c1-7(2)8-4-5-11-6-9(8)10-3;1-2/h4-7,10H,1-3H3;1-2H3. The van der Waals surface area contributed by atoms with Crippen LogP contribution in [0, 0.1) is 0 Å². The highest BCUT2D eigenvalue weighted by molar-refractivity contribution is 5.49. The molecule has 0 fully saturated rings. The summed E-state index contributed by atoms with van der Waals surface area (Å²) < 4.78 is 0. The second-order valence-electron chi connectivity index (χ2n) is 2.87. The summed E-state index contributed by atoms with van der Waals surface area (Å²) >= 11 is 0. The van der Waals surface area contributed by atoms with Gasteiger partial charge in [0.1, 0.15) is 0 Å². The van der Waals surface area contributed by atoms with Gasteiger partial charge in [-0.05, 0) is 17.5 Å². The molecule has 0 saturated heterocycles. The summed E-state index contributed by atoms with van der Waals surface area (Å²) in [6.07, 6.45) is 3.69. The molecule has 0 aromatic carbocycles. The lowest BCUT2D eigenvalue weighted by molar-refractivity contribution is 0.865. The summed E-state index contributed by atoms with van der Waals surface area (Å²) in [5, 5.41) is 3.11. The lowest BCUT2D eigenvalue weighted by Gasteiger charge is -2.10. The minimum absolute atomic E-state index is 0.556. The highest BCUT2D eigenvalue weighted by Crippen LogP contribution is 2.21. The van der Waals surface area contributed by atoms with Crippen molar-refractivity contribution in [3.05, 3.63) is 24.0 Å². The molecule has 1 aromatic heterocycles. The second kappa shape index (κ2) is 6.46. The van der Waals surface area contributed by atoms with Crippen molar-refractivity contribution in [3.8, 4) is 0 Å². The molecule has 2 heteroatoms. The first-order valence-corrected chi connectivity index (χ1v) is 4.87. The highest BCUT2D eigenvalue weighted by Gasteiger charge is 2.02. The molecule has 1 N–H and O–H groups in total. The van der Waals surface area contributed by atoms with Crippen LogP contribution in [0.4, 0.5) is 5.69 Å². The van der Waals surface area contributed by atoms with Crippen molar-refractivity contribution < 1.29 is 0 Å². The Kier molecular flexibility index (Phi) is 5.94. The summed E-state index contributed by atoms with van der Waals surface area (Å²) in [6, 6.07) is 2.05. The molecule has 0 spiro atoms. The van der Waals surface area contributed by atoms with Gasteiger partial charge in [-0.15, -0.1) is 0 Å². The Labute approximate surface area is 81.4 Å². The minimum Gasteiger partial charge on any atom is -0.387 e. The van der Waals surface area contributed by atoms with Crippen LogP contribution in [0.2, 0.25) is 0 Å². The van der Waals surface area contributed by atoms with Gasteiger partial charge < -0.3 is 5.32 Å². The van der Waals surface area contributed by atoms with E-state index in [4.69, 9.17) is 0 Å². The predicted octanol–water partition coefficient (Wildman–Crippen LogP) is 3.27. The van der Waals surface area contributed by atoms with Crippen LogP contribution < -0.4 is 5.32 Å². The lowest BCUT2D eigenvalue weighted by atomic mass is 10.0. The van der Waals surface area contributed by atoms with E-state index in [0.717, 1.165) is 5.69 Å². The number of nitrogens with one attached hydrogen (secondary N) is 1. The molecule has 1 aromatic rings. The Morgan fingerprint density at radius 2 is 1.92 bits per heavy atom. The zero-order valence-electron chi connectivity index (χ0n) is 9.26. The number of rotatable bonds is 2. The molecule has 0 aliphatic heterocycles. The summed E-state index contributed by atoms with van der Waals surface area (Å²) in [7, 11) is 1.92. The molecular weight excluding hydrogens is 160 g/mol. The van der Waals surface area contributed by atoms with E-state index in [1.54, 1.807) is 0 Å². The summed E-state index contributed by atoms with van der Waals surface area (Å²) in [6.45, 7) is 8.35. The molecule has 0 bridgehead atoms. The molecule has 0 atom stereocenters. The third kappa shape index (κ3) is 3.45. The van der Waals surface area contributed by atoms with Crippen molar-refractivity contribution in [2.24, 2.45) is 0 Å². The molecule has 1 heterocycles. The van der Waals surface area contributed by atoms with Crippen molar-refractivity contribution in [3.63, 3.8) is 0 Å². The molecule has 1 rings (SSSR count). The average molecular weight is 180 g/mol. The van der Waals surface area contributed by atoms with Gasteiger partial charge in [0.25, 0.3) is 0 Å². The van der Waals surface area contributed by atoms with Crippen LogP contribution in [-0.2, 0) is 0 Å². The second-order valence-corrected chi connectivity index (χ2v) is 2.87. The van der Waals surface area contributed by atoms with Crippen LogP contribution >= 0.6 is 0 Å². The van der Waals surface area contributed by atoms with E-state index < -0.39 is 0 Å². The van der Waals surface area contributed by atoms with Gasteiger partial charge in [-0.2, -0.15) is 0 Å². The van der Waals surface area contributed by atoms with E-state index in [9.17, 15) is 0 Å². The monoisotopic (exact) mass is 180 g/mol. The van der Waals surface area contributed by atoms with E-state index in [1.165, 1.54) is 5.56 Å². The quantitative estimate of drug-likeness (QED) is 0.755. The van der Waals surface area contributed by atoms with E-state index in [-0.39, 0.29) is 0 Å². The molecular formula is C11H20N2. The van der Waals surface area contributed by atoms with Crippen molar-refractivity contribution in [2.75, 3.05) is 12.4 Å². The smallest absolute Gasteiger partial charge is 0.0559 e. The van der Waals surface area contributed by atoms with E-state index in [1.807, 2.05) is 33.3 Å². The van der Waals surface area contributed by atoms with E-state index in [2.05, 4.69) is 30.2 Å². The molecule has 2 nitrogen and oxygen atoms in total. The zero-order valence-corrected chi connectivity index (χ0v) is 9.26. The minimum atomic E-state index is 0.556. The highest BCUT2D eigenvalue weighted by atomic mass is 14.8. The fraction of sp³-hybridized carbons (Fsp3) is 0.545. The van der Waals surface area contributed by atoms with Gasteiger partial charge in [-0.25, -0.2) is 0 Å². The first kappa shape index (κ1) is 11.9. The number of hydrogen-bond acceptors (Lipinski definition) is 2. The molecule has 13 heavy (non-hydrogen) atoms. The molecule has 74 valence electrons. The summed E-state index contributed by atoms with van der Waals surface area (Å²) in [5.41, 5.74) is 2.45. The molecule has 0 radical (unpaired) electrons. The number of anilines is 1. The molecule has 0 unspecified atom stereocenters. The average Bonchev–Trinajstić information content (AvgIpc) is 2.20. The first-order chi connectivity index (χ1) is 6.25. The molecule has 0 saturated carbocycles. The number of aromatic nitrogens is 1. The van der Waals surface area contributed by atoms with Gasteiger partial charge in [-0.3, -0.25) is 4.98 Å². The summed E-state index contributed by atoms with van der Waals surface area (Å²) in [4.78, 5) is 4.04. The fourth-order valence-electron chi connectivity index (χ4n) is 1.12. The maximum absolute atomic E-state index is 4.04. The lowest BCUT2D eigenvalue weighted by Crippen LogP contribution is -1.97. The Morgan fingerprint density at radius 3 is 2.31 bits per heavy atom. The third-order valence-corrected chi connectivity index (χ3v) is 1.75. The van der Waals surface area contributed by atoms with Crippen molar-refractivity contribution in [2.45, 2.75) is 33.6 Å². The number of nitrogens with zero attached hydrogens (tertiary/aromatic N) is 1. The van der Waals surface area contributed by atoms with Crippen LogP contribution in [0.15, 0.2) is 18.5 Å². The first-order valence-electron chi connectivity index (χ1n) is 4.87. The van der Waals surface area contributed by atoms with Gasteiger partial charge in [-0.1, -0.05) is 27.7 Å². The molecule has 0 aliphatic carbocycles. The maximum Gasteiger partial charge on any atom is 0.0559 e. The van der Waals surface area contributed by atoms with E-state index in [0.29, 0.717) is 5.92 Å². The van der Waals surface area contributed by atoms with Crippen molar-refractivity contribution in [1.82, 2.24) is 4.98 Å². The van der Waals surface area contributed by atoms with Gasteiger partial charge in [0.2, 0.25) is 0 Å². The van der Waals surface area contributed by atoms with E-state index >= 15 is 0 Å². The fourth-order valence-corrected chi connectivity index (χ4v) is 1.12. The summed E-state index contributed by atoms with van der Waals surface area (Å²) in [5.74, 6) is 0.556. The Bertz CT molecular complexity index is 231. The van der Waals surface area contributed by atoms with Crippen molar-refractivity contribution >= 4 is 5.69 Å². The van der Waals surface area contributed by atoms with Gasteiger partial charge >= 0.3 is 0 Å². The molecule has 0 amide bonds. The topological polar surface area (TPSA) is 24.9 Å². The number of hydrogen-bond donors (Lipinski definition) is 1. The van der Waals surface area contributed by atoms with Crippen LogP contribution in [0.25, 0.3) is 0 Å². The zero-order chi connectivity index (χ0) is 10.3. The molecule has 0 aliphatic rings. The van der Waals surface area contributed by atoms with Crippen LogP contribution in [-0.4, -0.2) is 12.0 Å². The predicted molar refractivity (Wildman–Crippen MR) is 59.2 cm³/mol. The third-order valence-electron chi connectivity index (χ3n) is 1.75. The maximum atomic E-state index is 4.04. The SMILES string of the molecule is CC.CNc1cnccc1C(C)C. The van der Waals surface area contributed by atoms with Crippen LogP contribution in [0.1, 0.15) is 39.2 Å². The van der Waals surface area contributed by atoms with Crippen molar-refractivity contribution in [1.29, 1.82) is 0 Å². The van der Waals surface area contributed by atoms with Crippen LogP contribution in [0.5, 0.6) is 0 Å². The normalized spacial score (nSPS) is 9.08. The van der Waals surface area contributed by atoms with Gasteiger partial charge in [0.05, 0.1) is 11.9 Å². The Balaban J connectivity index is 0.000000671. The van der Waals surface area contributed by atoms with Crippen LogP contribution in [0.3, 0.4) is 0 Å². The largest absolute Gasteiger partial charge is 0.387 e. The Hall–Kier alpha value is -1.05. The van der Waals surface area contributed by atoms with Gasteiger partial charge in [0.15, 0.2) is 0 Å². The van der Waals surface area contributed by atoms with Gasteiger partial charge in [0, 0.05) is 13.2 Å². The number of pyridine rings is 1.